The van der Waals surface area contributed by atoms with Crippen LogP contribution in [0.3, 0.4) is 0 Å². The summed E-state index contributed by atoms with van der Waals surface area (Å²) >= 11 is 0. The average molecular weight is 859 g/mol. The number of rotatable bonds is 8. The van der Waals surface area contributed by atoms with Gasteiger partial charge < -0.3 is 18.8 Å². The highest BCUT2D eigenvalue weighted by Gasteiger charge is 2.59. The maximum absolute atomic E-state index is 15.4. The molecule has 2 aliphatic heterocycles. The predicted molar refractivity (Wildman–Crippen MR) is 233 cm³/mol. The molecule has 1 amide bonds. The highest BCUT2D eigenvalue weighted by Crippen LogP contribution is 2.56. The van der Waals surface area contributed by atoms with Crippen LogP contribution < -0.4 is 16.8 Å². The van der Waals surface area contributed by atoms with Crippen LogP contribution in [-0.2, 0) is 21.3 Å². The molecule has 1 saturated heterocycles. The van der Waals surface area contributed by atoms with Gasteiger partial charge in [0.05, 0.1) is 23.1 Å². The molecular weight excluding hydrogens is 811 g/mol. The molecule has 3 aliphatic rings. The Morgan fingerprint density at radius 2 is 1.63 bits per heavy atom. The summed E-state index contributed by atoms with van der Waals surface area (Å²) in [5.74, 6) is -0.0285. The van der Waals surface area contributed by atoms with Gasteiger partial charge in [0.25, 0.3) is 5.91 Å². The lowest BCUT2D eigenvalue weighted by atomic mass is 9.91. The number of nitrogens with zero attached hydrogens (tertiary/aromatic N) is 7. The summed E-state index contributed by atoms with van der Waals surface area (Å²) in [6, 6.07) is 18.3. The number of amides is 1. The van der Waals surface area contributed by atoms with E-state index in [0.29, 0.717) is 89.2 Å². The Kier molecular flexibility index (Phi) is 9.38. The van der Waals surface area contributed by atoms with Crippen LogP contribution in [0, 0.1) is 25.6 Å². The number of imidazole rings is 1. The standard InChI is InChI=1S/C46H48FN8O6P/c1-26-21-34(22-27(2)40(26)47)55-41(53-18-17-52(45(53)58)33-8-10-35(11-9-33)62(5,6)59)39-29(4)51(16-13-36(39)49-55)42(56)38-24-32-23-31(30-14-19-60-20-15-30)7-12-37(32)54(38)46(25-28(46)3)43-48-44(57)61-50-43/h7-12,17-18,21-24,28-30H,13-16,19-20,25H2,1-6H3,(H,48,50,57)/t28-,29-,46-/m0/s1. The molecule has 2 fully saturated rings. The van der Waals surface area contributed by atoms with Crippen LogP contribution in [0.15, 0.2) is 87.2 Å². The van der Waals surface area contributed by atoms with E-state index in [9.17, 15) is 14.2 Å². The van der Waals surface area contributed by atoms with Crippen molar-refractivity contribution >= 4 is 29.3 Å². The quantitative estimate of drug-likeness (QED) is 0.162. The summed E-state index contributed by atoms with van der Waals surface area (Å²) < 4.78 is 45.3. The van der Waals surface area contributed by atoms with Crippen LogP contribution in [0.4, 0.5) is 4.39 Å². The first-order valence-corrected chi connectivity index (χ1v) is 23.7. The lowest BCUT2D eigenvalue weighted by Crippen LogP contribution is -2.41. The molecule has 0 unspecified atom stereocenters. The van der Waals surface area contributed by atoms with Crippen molar-refractivity contribution < 1.29 is 23.0 Å². The zero-order chi connectivity index (χ0) is 43.4. The van der Waals surface area contributed by atoms with Gasteiger partial charge >= 0.3 is 11.4 Å². The zero-order valence-electron chi connectivity index (χ0n) is 35.5. The second-order valence-electron chi connectivity index (χ2n) is 17.6. The number of carbonyl (C=O) groups is 1. The third kappa shape index (κ3) is 6.30. The van der Waals surface area contributed by atoms with Gasteiger partial charge in [-0.1, -0.05) is 18.1 Å². The minimum atomic E-state index is -2.52. The van der Waals surface area contributed by atoms with E-state index < -0.39 is 24.5 Å². The van der Waals surface area contributed by atoms with E-state index in [4.69, 9.17) is 14.4 Å². The van der Waals surface area contributed by atoms with Gasteiger partial charge in [0.15, 0.2) is 5.82 Å². The van der Waals surface area contributed by atoms with Crippen molar-refractivity contribution in [1.29, 1.82) is 0 Å². The number of aromatic nitrogens is 7. The summed E-state index contributed by atoms with van der Waals surface area (Å²) in [6.45, 7) is 12.6. The normalized spacial score (nSPS) is 20.5. The largest absolute Gasteiger partial charge is 0.438 e. The Hall–Kier alpha value is -6.05. The number of aromatic amines is 1. The molecule has 0 radical (unpaired) electrons. The topological polar surface area (TPSA) is 155 Å². The predicted octanol–water partition coefficient (Wildman–Crippen LogP) is 6.89. The molecule has 10 rings (SSSR count). The average Bonchev–Trinajstić information content (AvgIpc) is 3.75. The van der Waals surface area contributed by atoms with Crippen LogP contribution in [0.1, 0.15) is 89.3 Å². The molecule has 16 heteroatoms. The number of halogens is 1. The van der Waals surface area contributed by atoms with Gasteiger partial charge in [-0.05, 0) is 136 Å². The van der Waals surface area contributed by atoms with E-state index >= 15 is 9.18 Å². The molecule has 320 valence electrons. The molecule has 1 N–H and O–H groups in total. The number of benzene rings is 3. The molecule has 0 bridgehead atoms. The molecule has 14 nitrogen and oxygen atoms in total. The number of aryl methyl sites for hydroxylation is 2. The number of fused-ring (bicyclic) bond motifs is 2. The molecule has 3 aromatic carbocycles. The highest BCUT2D eigenvalue weighted by atomic mass is 31.2. The third-order valence-electron chi connectivity index (χ3n) is 13.4. The van der Waals surface area contributed by atoms with Gasteiger partial charge in [0.2, 0.25) is 0 Å². The third-order valence-corrected chi connectivity index (χ3v) is 14.9. The van der Waals surface area contributed by atoms with Gasteiger partial charge in [0.1, 0.15) is 30.0 Å². The molecule has 3 atom stereocenters. The molecule has 7 aromatic rings. The fourth-order valence-electron chi connectivity index (χ4n) is 9.92. The zero-order valence-corrected chi connectivity index (χ0v) is 36.4. The van der Waals surface area contributed by atoms with Crippen LogP contribution in [0.25, 0.3) is 28.1 Å². The number of nitrogens with one attached hydrogen (secondary N) is 1. The van der Waals surface area contributed by atoms with E-state index in [0.717, 1.165) is 29.4 Å². The Bertz CT molecular complexity index is 3080. The Balaban J connectivity index is 1.11. The summed E-state index contributed by atoms with van der Waals surface area (Å²) in [4.78, 5) is 47.0. The van der Waals surface area contributed by atoms with Crippen LogP contribution in [0.2, 0.25) is 0 Å². The van der Waals surface area contributed by atoms with Crippen LogP contribution in [-0.4, -0.2) is 77.5 Å². The Labute approximate surface area is 356 Å². The van der Waals surface area contributed by atoms with Gasteiger partial charge in [-0.25, -0.2) is 18.7 Å². The monoisotopic (exact) mass is 858 g/mol. The van der Waals surface area contributed by atoms with E-state index in [-0.39, 0.29) is 23.3 Å². The molecule has 1 aliphatic carbocycles. The lowest BCUT2D eigenvalue weighted by molar-refractivity contribution is 0.0663. The van der Waals surface area contributed by atoms with Crippen LogP contribution in [0.5, 0.6) is 0 Å². The van der Waals surface area contributed by atoms with Crippen molar-refractivity contribution in [2.45, 2.75) is 70.9 Å². The summed E-state index contributed by atoms with van der Waals surface area (Å²) in [6.07, 6.45) is 6.21. The van der Waals surface area contributed by atoms with Crippen molar-refractivity contribution in [3.05, 3.63) is 139 Å². The van der Waals surface area contributed by atoms with Gasteiger partial charge in [-0.2, -0.15) is 5.10 Å². The maximum atomic E-state index is 15.4. The van der Waals surface area contributed by atoms with Crippen molar-refractivity contribution in [1.82, 2.24) is 38.5 Å². The van der Waals surface area contributed by atoms with Crippen LogP contribution >= 0.6 is 7.14 Å². The first-order valence-electron chi connectivity index (χ1n) is 21.1. The summed E-state index contributed by atoms with van der Waals surface area (Å²) in [5, 5.41) is 10.9. The minimum Gasteiger partial charge on any atom is -0.381 e. The molecule has 4 aromatic heterocycles. The second-order valence-corrected chi connectivity index (χ2v) is 20.9. The number of H-pyrrole nitrogens is 1. The highest BCUT2D eigenvalue weighted by molar-refractivity contribution is 7.70. The van der Waals surface area contributed by atoms with E-state index in [1.807, 2.05) is 22.5 Å². The smallest absolute Gasteiger partial charge is 0.381 e. The van der Waals surface area contributed by atoms with E-state index in [2.05, 4.69) is 35.3 Å². The number of hydrogen-bond acceptors (Lipinski definition) is 8. The number of carbonyl (C=O) groups excluding carboxylic acids is 1. The van der Waals surface area contributed by atoms with Crippen molar-refractivity contribution in [3.8, 4) is 17.2 Å². The summed E-state index contributed by atoms with van der Waals surface area (Å²) in [5.41, 5.74) is 4.73. The molecule has 6 heterocycles. The summed E-state index contributed by atoms with van der Waals surface area (Å²) in [7, 11) is -2.52. The van der Waals surface area contributed by atoms with E-state index in [1.54, 1.807) is 80.7 Å². The van der Waals surface area contributed by atoms with Crippen molar-refractivity contribution in [2.24, 2.45) is 5.92 Å². The Morgan fingerprint density at radius 1 is 0.935 bits per heavy atom. The first kappa shape index (κ1) is 40.0. The van der Waals surface area contributed by atoms with Crippen molar-refractivity contribution in [3.63, 3.8) is 0 Å². The van der Waals surface area contributed by atoms with Gasteiger partial charge in [-0.3, -0.25) is 23.4 Å². The van der Waals surface area contributed by atoms with Gasteiger partial charge in [-0.15, -0.1) is 0 Å². The van der Waals surface area contributed by atoms with E-state index in [1.165, 1.54) is 14.7 Å². The van der Waals surface area contributed by atoms with Crippen molar-refractivity contribution in [2.75, 3.05) is 33.1 Å². The number of hydrogen-bond donors (Lipinski definition) is 1. The molecule has 1 saturated carbocycles. The fourth-order valence-corrected chi connectivity index (χ4v) is 10.8. The molecule has 0 spiro atoms. The second kappa shape index (κ2) is 14.5. The number of ether oxygens (including phenoxy) is 1. The maximum Gasteiger partial charge on any atom is 0.438 e. The molecular formula is C46H48FN8O6P. The fraction of sp³-hybridized carbons (Fsp3) is 0.370. The SMILES string of the molecule is Cc1cc(-n2nc3c(c2-n2ccn(-c4ccc(P(C)(C)=O)cc4)c2=O)[C@H](C)N(C(=O)c2cc4cc(C5CCOCC5)ccc4n2[C@@]2(c4noc(=O)[nH]4)C[C@@H]2C)CC3)cc(C)c1F. The minimum absolute atomic E-state index is 0.0268. The Morgan fingerprint density at radius 3 is 2.27 bits per heavy atom. The first-order chi connectivity index (χ1) is 29.6. The lowest BCUT2D eigenvalue weighted by Gasteiger charge is -2.34. The van der Waals surface area contributed by atoms with Gasteiger partial charge in [0, 0.05) is 60.3 Å². The molecule has 62 heavy (non-hydrogen) atoms.